The molecule has 1 aliphatic rings. The van der Waals surface area contributed by atoms with Gasteiger partial charge < -0.3 is 24.7 Å². The first-order valence-electron chi connectivity index (χ1n) is 10.6. The van der Waals surface area contributed by atoms with Crippen molar-refractivity contribution in [3.05, 3.63) is 72.6 Å². The van der Waals surface area contributed by atoms with E-state index < -0.39 is 11.5 Å². The van der Waals surface area contributed by atoms with Crippen LogP contribution in [0.2, 0.25) is 0 Å². The Morgan fingerprint density at radius 3 is 2.11 bits per heavy atom. The van der Waals surface area contributed by atoms with E-state index in [9.17, 15) is 15.3 Å². The molecular weight excluding hydrogens is 480 g/mol. The largest absolute Gasteiger partial charge is 0.497 e. The first-order chi connectivity index (χ1) is 17.4. The quantitative estimate of drug-likeness (QED) is 0.540. The Morgan fingerprint density at radius 1 is 0.917 bits per heavy atom. The van der Waals surface area contributed by atoms with E-state index in [4.69, 9.17) is 24.7 Å². The molecule has 1 atom stereocenters. The Bertz CT molecular complexity index is 1650. The van der Waals surface area contributed by atoms with E-state index in [0.717, 1.165) is 11.3 Å². The number of hydrogen-bond donors (Lipinski definition) is 1. The van der Waals surface area contributed by atoms with Crippen molar-refractivity contribution in [2.75, 3.05) is 28.4 Å². The highest BCUT2D eigenvalue weighted by molar-refractivity contribution is 7.07. The fraction of sp³-hybridized carbons (Fsp3) is 0.192. The Labute approximate surface area is 210 Å². The molecule has 3 aromatic rings. The van der Waals surface area contributed by atoms with E-state index in [0.29, 0.717) is 43.3 Å². The molecule has 1 aromatic heterocycles. The maximum atomic E-state index is 13.5. The molecule has 0 aliphatic carbocycles. The van der Waals surface area contributed by atoms with Crippen LogP contribution in [0.4, 0.5) is 0 Å². The number of nitriles is 2. The van der Waals surface area contributed by atoms with Crippen molar-refractivity contribution in [1.29, 1.82) is 10.5 Å². The maximum Gasteiger partial charge on any atom is 0.274 e. The second kappa shape index (κ2) is 9.90. The zero-order valence-electron chi connectivity index (χ0n) is 20.0. The molecule has 2 heterocycles. The van der Waals surface area contributed by atoms with Crippen LogP contribution in [0.25, 0.3) is 17.5 Å². The van der Waals surface area contributed by atoms with Gasteiger partial charge in [0.15, 0.2) is 0 Å². The second-order valence-electron chi connectivity index (χ2n) is 7.64. The summed E-state index contributed by atoms with van der Waals surface area (Å²) in [6.45, 7) is 0. The lowest BCUT2D eigenvalue weighted by Crippen LogP contribution is -2.38. The Hall–Kier alpha value is -4.67. The van der Waals surface area contributed by atoms with Gasteiger partial charge in [-0.15, -0.1) is 11.3 Å². The highest BCUT2D eigenvalue weighted by Gasteiger charge is 2.34. The summed E-state index contributed by atoms with van der Waals surface area (Å²) in [5, 5.41) is 20.3. The number of aromatic nitrogens is 1. The number of methoxy groups -OCH3 is 4. The molecule has 2 N–H and O–H groups in total. The minimum Gasteiger partial charge on any atom is -0.497 e. The number of allylic oxidation sites excluding steroid dienone is 1. The number of ether oxygens (including phenoxy) is 4. The molecule has 1 unspecified atom stereocenters. The van der Waals surface area contributed by atoms with Crippen molar-refractivity contribution in [2.45, 2.75) is 5.92 Å². The average molecular weight is 503 g/mol. The van der Waals surface area contributed by atoms with Crippen LogP contribution in [-0.4, -0.2) is 33.0 Å². The standard InChI is InChI=1S/C26H22N4O5S/c1-32-15-5-7-20(34-3)14(9-15)10-22-25(31)30-24(29)18(12-27)23(19(13-28)26(30)36-22)17-11-16(33-2)6-8-21(17)35-4/h5-11,23H,29H2,1-4H3/b22-10-. The maximum absolute atomic E-state index is 13.5. The zero-order chi connectivity index (χ0) is 26.0. The van der Waals surface area contributed by atoms with Crippen LogP contribution in [-0.2, 0) is 0 Å². The van der Waals surface area contributed by atoms with Crippen LogP contribution >= 0.6 is 11.3 Å². The fourth-order valence-corrected chi connectivity index (χ4v) is 5.24. The summed E-state index contributed by atoms with van der Waals surface area (Å²) in [6, 6.07) is 14.6. The van der Waals surface area contributed by atoms with Gasteiger partial charge in [0.2, 0.25) is 0 Å². The third-order valence-electron chi connectivity index (χ3n) is 5.86. The number of nitrogens with zero attached hydrogens (tertiary/aromatic N) is 3. The number of thiazole rings is 1. The highest BCUT2D eigenvalue weighted by Crippen LogP contribution is 2.41. The first kappa shape index (κ1) is 24.5. The van der Waals surface area contributed by atoms with Gasteiger partial charge in [-0.1, -0.05) is 0 Å². The average Bonchev–Trinajstić information content (AvgIpc) is 3.23. The lowest BCUT2D eigenvalue weighted by molar-refractivity contribution is 0.398. The minimum atomic E-state index is -0.845. The topological polar surface area (TPSA) is 133 Å². The molecule has 0 saturated carbocycles. The third-order valence-corrected chi connectivity index (χ3v) is 6.97. The summed E-state index contributed by atoms with van der Waals surface area (Å²) in [5.74, 6) is 1.21. The number of rotatable bonds is 6. The summed E-state index contributed by atoms with van der Waals surface area (Å²) in [4.78, 5) is 13.5. The van der Waals surface area contributed by atoms with Crippen molar-refractivity contribution >= 4 is 28.8 Å². The highest BCUT2D eigenvalue weighted by atomic mass is 32.1. The summed E-state index contributed by atoms with van der Waals surface area (Å²) in [5.41, 5.74) is 7.35. The van der Waals surface area contributed by atoms with Gasteiger partial charge in [-0.2, -0.15) is 10.5 Å². The summed E-state index contributed by atoms with van der Waals surface area (Å²) in [7, 11) is 6.08. The van der Waals surface area contributed by atoms with Crippen LogP contribution in [0.5, 0.6) is 23.0 Å². The molecule has 0 bridgehead atoms. The molecule has 36 heavy (non-hydrogen) atoms. The van der Waals surface area contributed by atoms with Crippen LogP contribution < -0.4 is 39.4 Å². The Morgan fingerprint density at radius 2 is 1.53 bits per heavy atom. The molecular formula is C26H22N4O5S. The molecule has 0 fully saturated rings. The fourth-order valence-electron chi connectivity index (χ4n) is 4.12. The van der Waals surface area contributed by atoms with E-state index >= 15 is 0 Å². The molecule has 1 aliphatic heterocycles. The van der Waals surface area contributed by atoms with Crippen molar-refractivity contribution in [3.63, 3.8) is 0 Å². The smallest absolute Gasteiger partial charge is 0.274 e. The zero-order valence-corrected chi connectivity index (χ0v) is 20.8. The molecule has 182 valence electrons. The summed E-state index contributed by atoms with van der Waals surface area (Å²) in [6.07, 6.45) is 1.65. The first-order valence-corrected chi connectivity index (χ1v) is 11.5. The molecule has 2 aromatic carbocycles. The number of nitrogens with two attached hydrogens (primary N) is 1. The van der Waals surface area contributed by atoms with E-state index in [2.05, 4.69) is 12.1 Å². The minimum absolute atomic E-state index is 0.0418. The van der Waals surface area contributed by atoms with Crippen molar-refractivity contribution in [2.24, 2.45) is 5.73 Å². The van der Waals surface area contributed by atoms with E-state index in [1.807, 2.05) is 0 Å². The monoisotopic (exact) mass is 502 g/mol. The van der Waals surface area contributed by atoms with Crippen LogP contribution in [0.1, 0.15) is 17.0 Å². The van der Waals surface area contributed by atoms with Gasteiger partial charge >= 0.3 is 0 Å². The van der Waals surface area contributed by atoms with E-state index in [-0.39, 0.29) is 17.0 Å². The normalized spacial score (nSPS) is 15.1. The van der Waals surface area contributed by atoms with Crippen molar-refractivity contribution < 1.29 is 18.9 Å². The summed E-state index contributed by atoms with van der Waals surface area (Å²) >= 11 is 1.10. The predicted octanol–water partition coefficient (Wildman–Crippen LogP) is 1.90. The van der Waals surface area contributed by atoms with Crippen LogP contribution in [0.15, 0.2) is 46.8 Å². The van der Waals surface area contributed by atoms with Gasteiger partial charge in [0, 0.05) is 11.1 Å². The van der Waals surface area contributed by atoms with Gasteiger partial charge in [0.05, 0.1) is 62.2 Å². The van der Waals surface area contributed by atoms with Gasteiger partial charge in [-0.05, 0) is 42.5 Å². The van der Waals surface area contributed by atoms with Crippen molar-refractivity contribution in [1.82, 2.24) is 4.57 Å². The molecule has 0 saturated heterocycles. The number of benzene rings is 2. The molecule has 10 heteroatoms. The van der Waals surface area contributed by atoms with Crippen LogP contribution in [0.3, 0.4) is 0 Å². The molecule has 4 rings (SSSR count). The van der Waals surface area contributed by atoms with Crippen molar-refractivity contribution in [3.8, 4) is 35.1 Å². The number of hydrogen-bond acceptors (Lipinski definition) is 9. The second-order valence-corrected chi connectivity index (χ2v) is 8.67. The predicted molar refractivity (Wildman–Crippen MR) is 135 cm³/mol. The molecule has 0 radical (unpaired) electrons. The number of fused-ring (bicyclic) bond motifs is 1. The molecule has 0 spiro atoms. The van der Waals surface area contributed by atoms with Gasteiger partial charge in [-0.25, -0.2) is 0 Å². The lowest BCUT2D eigenvalue weighted by Gasteiger charge is -2.24. The van der Waals surface area contributed by atoms with E-state index in [1.165, 1.54) is 25.9 Å². The third kappa shape index (κ3) is 3.94. The lowest BCUT2D eigenvalue weighted by atomic mass is 9.84. The molecule has 9 nitrogen and oxygen atoms in total. The Kier molecular flexibility index (Phi) is 6.73. The molecule has 0 amide bonds. The van der Waals surface area contributed by atoms with Gasteiger partial charge in [-0.3, -0.25) is 9.36 Å². The van der Waals surface area contributed by atoms with E-state index in [1.54, 1.807) is 49.6 Å². The SMILES string of the molecule is COc1ccc(OC)c(/C=c2\sc3n(c2=O)C(N)=C(C#N)C(c2cc(OC)ccc2OC)C=3C#N)c1. The van der Waals surface area contributed by atoms with Gasteiger partial charge in [0.25, 0.3) is 5.56 Å². The Balaban J connectivity index is 2.08. The van der Waals surface area contributed by atoms with Crippen LogP contribution in [0, 0.1) is 22.7 Å². The van der Waals surface area contributed by atoms with Gasteiger partial charge in [0.1, 0.15) is 33.5 Å². The summed E-state index contributed by atoms with van der Waals surface area (Å²) < 4.78 is 23.4.